The summed E-state index contributed by atoms with van der Waals surface area (Å²) in [5.41, 5.74) is 8.11. The van der Waals surface area contributed by atoms with Crippen LogP contribution in [-0.2, 0) is 4.79 Å². The topological polar surface area (TPSA) is 70.6 Å². The summed E-state index contributed by atoms with van der Waals surface area (Å²) in [6.45, 7) is 5.89. The maximum atomic E-state index is 12.4. The molecule has 0 aliphatic heterocycles. The molecule has 2 atom stereocenters. The van der Waals surface area contributed by atoms with Crippen molar-refractivity contribution in [1.29, 1.82) is 0 Å². The lowest BCUT2D eigenvalue weighted by molar-refractivity contribution is -0.122. The first-order chi connectivity index (χ1) is 14.9. The fourth-order valence-electron chi connectivity index (χ4n) is 3.51. The van der Waals surface area contributed by atoms with Crippen LogP contribution in [0.2, 0.25) is 0 Å². The van der Waals surface area contributed by atoms with E-state index < -0.39 is 0 Å². The third-order valence-electron chi connectivity index (χ3n) is 5.52. The minimum absolute atomic E-state index is 0.0161. The molecule has 1 saturated carbocycles. The van der Waals surface area contributed by atoms with Crippen molar-refractivity contribution in [2.45, 2.75) is 33.1 Å². The van der Waals surface area contributed by atoms with Gasteiger partial charge in [0.05, 0.1) is 11.3 Å². The van der Waals surface area contributed by atoms with Crippen molar-refractivity contribution in [2.75, 3.05) is 5.32 Å². The van der Waals surface area contributed by atoms with Gasteiger partial charge in [-0.25, -0.2) is 5.43 Å². The van der Waals surface area contributed by atoms with Gasteiger partial charge in [-0.15, -0.1) is 11.3 Å². The molecule has 0 spiro atoms. The van der Waals surface area contributed by atoms with Crippen LogP contribution in [0.3, 0.4) is 0 Å². The Bertz CT molecular complexity index is 1130. The number of amides is 2. The molecule has 1 heterocycles. The van der Waals surface area contributed by atoms with E-state index in [-0.39, 0.29) is 23.7 Å². The number of benzene rings is 2. The molecule has 4 rings (SSSR count). The molecule has 2 aromatic carbocycles. The van der Waals surface area contributed by atoms with E-state index in [1.807, 2.05) is 49.6 Å². The van der Waals surface area contributed by atoms with Gasteiger partial charge < -0.3 is 5.32 Å². The van der Waals surface area contributed by atoms with Crippen LogP contribution >= 0.6 is 11.3 Å². The summed E-state index contributed by atoms with van der Waals surface area (Å²) in [7, 11) is 0. The number of carbonyl (C=O) groups excluding carboxylic acids is 2. The van der Waals surface area contributed by atoms with Gasteiger partial charge in [0.25, 0.3) is 5.91 Å². The summed E-state index contributed by atoms with van der Waals surface area (Å²) < 4.78 is 0. The normalized spacial score (nSPS) is 17.8. The van der Waals surface area contributed by atoms with Gasteiger partial charge in [-0.2, -0.15) is 5.10 Å². The third-order valence-corrected chi connectivity index (χ3v) is 6.38. The van der Waals surface area contributed by atoms with Crippen LogP contribution < -0.4 is 10.7 Å². The van der Waals surface area contributed by atoms with E-state index in [4.69, 9.17) is 0 Å². The summed E-state index contributed by atoms with van der Waals surface area (Å²) in [5, 5.41) is 9.01. The molecule has 0 unspecified atom stereocenters. The Labute approximate surface area is 186 Å². The van der Waals surface area contributed by atoms with Crippen molar-refractivity contribution in [3.8, 4) is 0 Å². The maximum Gasteiger partial charge on any atom is 0.256 e. The highest BCUT2D eigenvalue weighted by molar-refractivity contribution is 7.10. The zero-order valence-electron chi connectivity index (χ0n) is 17.8. The fraction of sp³-hybridized carbons (Fsp3) is 0.240. The number of aryl methyl sites for hydroxylation is 2. The summed E-state index contributed by atoms with van der Waals surface area (Å²) >= 11 is 1.55. The molecule has 5 nitrogen and oxygen atoms in total. The van der Waals surface area contributed by atoms with Crippen LogP contribution in [0.5, 0.6) is 0 Å². The zero-order chi connectivity index (χ0) is 22.0. The largest absolute Gasteiger partial charge is 0.322 e. The Balaban J connectivity index is 1.31. The van der Waals surface area contributed by atoms with Crippen molar-refractivity contribution in [1.82, 2.24) is 5.43 Å². The molecule has 31 heavy (non-hydrogen) atoms. The molecule has 6 heteroatoms. The lowest BCUT2D eigenvalue weighted by Crippen LogP contribution is -2.21. The number of nitrogens with zero attached hydrogens (tertiary/aromatic N) is 1. The predicted octanol–water partition coefficient (Wildman–Crippen LogP) is 5.26. The Morgan fingerprint density at radius 3 is 2.35 bits per heavy atom. The fourth-order valence-corrected chi connectivity index (χ4v) is 4.20. The number of nitrogens with one attached hydrogen (secondary N) is 2. The number of hydrogen-bond acceptors (Lipinski definition) is 4. The van der Waals surface area contributed by atoms with Crippen molar-refractivity contribution < 1.29 is 9.59 Å². The van der Waals surface area contributed by atoms with Crippen LogP contribution in [-0.4, -0.2) is 17.5 Å². The highest BCUT2D eigenvalue weighted by Crippen LogP contribution is 2.47. The Morgan fingerprint density at radius 2 is 1.71 bits per heavy atom. The van der Waals surface area contributed by atoms with E-state index in [1.165, 1.54) is 11.1 Å². The molecule has 0 saturated heterocycles. The molecule has 2 amide bonds. The first-order valence-electron chi connectivity index (χ1n) is 10.3. The molecule has 3 aromatic rings. The van der Waals surface area contributed by atoms with Gasteiger partial charge in [0.2, 0.25) is 5.91 Å². The molecule has 1 aromatic heterocycles. The van der Waals surface area contributed by atoms with E-state index in [9.17, 15) is 9.59 Å². The summed E-state index contributed by atoms with van der Waals surface area (Å²) in [6.07, 6.45) is 0.863. The first-order valence-corrected chi connectivity index (χ1v) is 11.2. The first kappa shape index (κ1) is 21.0. The zero-order valence-corrected chi connectivity index (χ0v) is 18.6. The molecule has 0 radical (unpaired) electrons. The lowest BCUT2D eigenvalue weighted by Gasteiger charge is -2.06. The minimum atomic E-state index is -0.123. The molecule has 1 fully saturated rings. The lowest BCUT2D eigenvalue weighted by atomic mass is 10.1. The second kappa shape index (κ2) is 8.86. The van der Waals surface area contributed by atoms with Gasteiger partial charge >= 0.3 is 0 Å². The number of rotatable bonds is 6. The number of hydrazone groups is 1. The number of thiophene rings is 1. The molecular formula is C25H25N3O2S. The van der Waals surface area contributed by atoms with Gasteiger partial charge in [0.15, 0.2) is 0 Å². The Kier molecular flexibility index (Phi) is 6.00. The van der Waals surface area contributed by atoms with E-state index in [1.54, 1.807) is 11.3 Å². The average Bonchev–Trinajstić information content (AvgIpc) is 3.45. The third kappa shape index (κ3) is 5.09. The minimum Gasteiger partial charge on any atom is -0.322 e. The molecule has 2 N–H and O–H groups in total. The Morgan fingerprint density at radius 1 is 1.00 bits per heavy atom. The van der Waals surface area contributed by atoms with Gasteiger partial charge in [-0.1, -0.05) is 42.0 Å². The maximum absolute atomic E-state index is 12.4. The van der Waals surface area contributed by atoms with Gasteiger partial charge in [0, 0.05) is 21.9 Å². The second-order valence-corrected chi connectivity index (χ2v) is 9.13. The average molecular weight is 432 g/mol. The van der Waals surface area contributed by atoms with Crippen molar-refractivity contribution in [3.05, 3.63) is 87.1 Å². The van der Waals surface area contributed by atoms with E-state index in [2.05, 4.69) is 47.0 Å². The highest BCUT2D eigenvalue weighted by atomic mass is 32.1. The molecule has 158 valence electrons. The predicted molar refractivity (Wildman–Crippen MR) is 126 cm³/mol. The van der Waals surface area contributed by atoms with Crippen LogP contribution in [0.1, 0.15) is 51.2 Å². The molecule has 1 aliphatic rings. The Hall–Kier alpha value is -3.25. The van der Waals surface area contributed by atoms with E-state index >= 15 is 0 Å². The van der Waals surface area contributed by atoms with Crippen molar-refractivity contribution in [3.63, 3.8) is 0 Å². The number of hydrogen-bond donors (Lipinski definition) is 2. The smallest absolute Gasteiger partial charge is 0.256 e. The van der Waals surface area contributed by atoms with Crippen molar-refractivity contribution in [2.24, 2.45) is 11.0 Å². The summed E-state index contributed by atoms with van der Waals surface area (Å²) in [4.78, 5) is 25.8. The van der Waals surface area contributed by atoms with E-state index in [0.717, 1.165) is 16.9 Å². The van der Waals surface area contributed by atoms with Crippen molar-refractivity contribution >= 4 is 34.6 Å². The van der Waals surface area contributed by atoms with Gasteiger partial charge in [0.1, 0.15) is 0 Å². The standard InChI is InChI=1S/C25H25N3O2S/c1-15-4-6-19(7-5-15)22-13-23(22)25(30)28-27-17(3)18-8-10-21(11-9-18)26-24(29)20-12-16(2)31-14-20/h4-12,14,22-23H,13H2,1-3H3,(H,26,29)(H,28,30)/b27-17-/t22-,23+/m0/s1. The SMILES string of the molecule is C/C(=N/NC(=O)[C@@H]1C[C@H]1c1ccc(C)cc1)c1ccc(NC(=O)c2csc(C)c2)cc1. The summed E-state index contributed by atoms with van der Waals surface area (Å²) in [5.74, 6) is 0.103. The number of anilines is 1. The number of carbonyl (C=O) groups is 2. The van der Waals surface area contributed by atoms with Gasteiger partial charge in [-0.3, -0.25) is 9.59 Å². The van der Waals surface area contributed by atoms with Crippen LogP contribution in [0, 0.1) is 19.8 Å². The quantitative estimate of drug-likeness (QED) is 0.413. The van der Waals surface area contributed by atoms with Crippen LogP contribution in [0.15, 0.2) is 65.1 Å². The highest BCUT2D eigenvalue weighted by Gasteiger charge is 2.43. The monoisotopic (exact) mass is 431 g/mol. The van der Waals surface area contributed by atoms with Crippen LogP contribution in [0.4, 0.5) is 5.69 Å². The molecular weight excluding hydrogens is 406 g/mol. The summed E-state index contributed by atoms with van der Waals surface area (Å²) in [6, 6.07) is 17.7. The van der Waals surface area contributed by atoms with Gasteiger partial charge in [-0.05, 0) is 62.4 Å². The molecule has 1 aliphatic carbocycles. The van der Waals surface area contributed by atoms with Crippen LogP contribution in [0.25, 0.3) is 0 Å². The molecule has 0 bridgehead atoms. The van der Waals surface area contributed by atoms with E-state index in [0.29, 0.717) is 17.0 Å². The second-order valence-electron chi connectivity index (χ2n) is 8.01.